The molecule has 0 radical (unpaired) electrons. The predicted molar refractivity (Wildman–Crippen MR) is 172 cm³/mol. The molecule has 1 aliphatic rings. The summed E-state index contributed by atoms with van der Waals surface area (Å²) in [6, 6.07) is 13.4. The van der Waals surface area contributed by atoms with Crippen molar-refractivity contribution in [2.75, 3.05) is 0 Å². The number of aromatic amines is 2. The second-order valence-electron chi connectivity index (χ2n) is 11.6. The molecule has 3 aromatic carbocycles. The van der Waals surface area contributed by atoms with Gasteiger partial charge < -0.3 is 9.97 Å². The van der Waals surface area contributed by atoms with E-state index in [9.17, 15) is 8.78 Å². The van der Waals surface area contributed by atoms with Gasteiger partial charge in [-0.3, -0.25) is 0 Å². The van der Waals surface area contributed by atoms with Crippen LogP contribution in [0.5, 0.6) is 0 Å². The van der Waals surface area contributed by atoms with Gasteiger partial charge in [0.1, 0.15) is 11.6 Å². The van der Waals surface area contributed by atoms with Crippen LogP contribution in [0.3, 0.4) is 0 Å². The molecule has 0 saturated heterocycles. The van der Waals surface area contributed by atoms with Crippen LogP contribution in [0, 0.1) is 11.6 Å². The van der Waals surface area contributed by atoms with Crippen molar-refractivity contribution in [3.63, 3.8) is 0 Å². The van der Waals surface area contributed by atoms with Crippen molar-refractivity contribution < 1.29 is 8.78 Å². The zero-order valence-electron chi connectivity index (χ0n) is 25.1. The zero-order valence-corrected chi connectivity index (χ0v) is 25.9. The lowest BCUT2D eigenvalue weighted by Gasteiger charge is -2.11. The highest BCUT2D eigenvalue weighted by molar-refractivity contribution is 6.35. The molecule has 1 aliphatic carbocycles. The van der Waals surface area contributed by atoms with E-state index in [0.717, 1.165) is 34.9 Å². The van der Waals surface area contributed by atoms with E-state index in [1.54, 1.807) is 18.3 Å². The van der Waals surface area contributed by atoms with Crippen LogP contribution in [0.1, 0.15) is 99.6 Å². The number of aromatic nitrogens is 2. The molecule has 2 N–H and O–H groups in total. The third kappa shape index (κ3) is 6.43. The van der Waals surface area contributed by atoms with Gasteiger partial charge in [-0.2, -0.15) is 0 Å². The Morgan fingerprint density at radius 2 is 1.39 bits per heavy atom. The molecule has 2 aromatic heterocycles. The van der Waals surface area contributed by atoms with E-state index in [2.05, 4.69) is 76.6 Å². The second-order valence-corrected chi connectivity index (χ2v) is 12.0. The van der Waals surface area contributed by atoms with E-state index in [-0.39, 0.29) is 11.6 Å². The Hall–Kier alpha value is -3.37. The number of nitrogens with one attached hydrogen (secondary N) is 2. The SMILES string of the molecule is CC(C)c1ccc(F)c2[nH]cc(Cl)c12.CC(C)c1ccc(F)c2c1C=CC2.CCc1ccc(C(C)C)c2cc[nH]c12. The Labute approximate surface area is 247 Å². The molecule has 6 rings (SSSR count). The van der Waals surface area contributed by atoms with Gasteiger partial charge in [0.25, 0.3) is 0 Å². The van der Waals surface area contributed by atoms with Gasteiger partial charge in [0, 0.05) is 28.7 Å². The molecular formula is C36H41ClF2N2. The van der Waals surface area contributed by atoms with Crippen LogP contribution in [0.15, 0.2) is 60.9 Å². The molecule has 0 bridgehead atoms. The van der Waals surface area contributed by atoms with Gasteiger partial charge >= 0.3 is 0 Å². The minimum absolute atomic E-state index is 0.0654. The van der Waals surface area contributed by atoms with Crippen molar-refractivity contribution in [1.29, 1.82) is 0 Å². The number of aryl methyl sites for hydroxylation is 1. The molecule has 0 saturated carbocycles. The summed E-state index contributed by atoms with van der Waals surface area (Å²) in [6.45, 7) is 15.1. The van der Waals surface area contributed by atoms with E-state index < -0.39 is 0 Å². The smallest absolute Gasteiger partial charge is 0.147 e. The third-order valence-electron chi connectivity index (χ3n) is 7.80. The van der Waals surface area contributed by atoms with E-state index in [1.165, 1.54) is 33.7 Å². The lowest BCUT2D eigenvalue weighted by molar-refractivity contribution is 0.613. The van der Waals surface area contributed by atoms with Crippen LogP contribution in [0.2, 0.25) is 5.02 Å². The van der Waals surface area contributed by atoms with Crippen LogP contribution in [-0.2, 0) is 12.8 Å². The van der Waals surface area contributed by atoms with Crippen LogP contribution < -0.4 is 0 Å². The number of halogens is 3. The molecule has 5 aromatic rings. The van der Waals surface area contributed by atoms with Gasteiger partial charge in [0.05, 0.1) is 10.5 Å². The average Bonchev–Trinajstić information content (AvgIpc) is 3.70. The highest BCUT2D eigenvalue weighted by atomic mass is 35.5. The van der Waals surface area contributed by atoms with Crippen molar-refractivity contribution in [2.24, 2.45) is 0 Å². The van der Waals surface area contributed by atoms with Gasteiger partial charge in [0.2, 0.25) is 0 Å². The van der Waals surface area contributed by atoms with E-state index in [1.807, 2.05) is 24.4 Å². The molecule has 0 spiro atoms. The summed E-state index contributed by atoms with van der Waals surface area (Å²) in [5.41, 5.74) is 8.98. The first-order valence-corrected chi connectivity index (χ1v) is 14.9. The first-order chi connectivity index (χ1) is 19.5. The number of fused-ring (bicyclic) bond motifs is 3. The Morgan fingerprint density at radius 1 is 0.756 bits per heavy atom. The van der Waals surface area contributed by atoms with Crippen LogP contribution in [0.25, 0.3) is 27.9 Å². The molecule has 0 atom stereocenters. The zero-order chi connectivity index (χ0) is 29.8. The van der Waals surface area contributed by atoms with Gasteiger partial charge in [-0.15, -0.1) is 0 Å². The minimum Gasteiger partial charge on any atom is -0.361 e. The fourth-order valence-electron chi connectivity index (χ4n) is 5.58. The number of allylic oxidation sites excluding steroid dienone is 1. The highest BCUT2D eigenvalue weighted by Crippen LogP contribution is 2.33. The first kappa shape index (κ1) is 30.6. The molecule has 2 nitrogen and oxygen atoms in total. The summed E-state index contributed by atoms with van der Waals surface area (Å²) < 4.78 is 26.6. The second kappa shape index (κ2) is 13.1. The molecule has 0 unspecified atom stereocenters. The Morgan fingerprint density at radius 3 is 2.05 bits per heavy atom. The predicted octanol–water partition coefficient (Wildman–Crippen LogP) is 11.5. The topological polar surface area (TPSA) is 31.6 Å². The summed E-state index contributed by atoms with van der Waals surface area (Å²) in [7, 11) is 0. The van der Waals surface area contributed by atoms with E-state index in [4.69, 9.17) is 11.6 Å². The van der Waals surface area contributed by atoms with Gasteiger partial charge in [0.15, 0.2) is 0 Å². The van der Waals surface area contributed by atoms with Crippen molar-refractivity contribution in [2.45, 2.75) is 79.1 Å². The number of rotatable bonds is 4. The van der Waals surface area contributed by atoms with Gasteiger partial charge in [-0.05, 0) is 82.2 Å². The summed E-state index contributed by atoms with van der Waals surface area (Å²) >= 11 is 6.00. The third-order valence-corrected chi connectivity index (χ3v) is 8.10. The normalized spacial score (nSPS) is 12.2. The molecule has 5 heteroatoms. The highest BCUT2D eigenvalue weighted by Gasteiger charge is 2.16. The summed E-state index contributed by atoms with van der Waals surface area (Å²) in [4.78, 5) is 6.18. The maximum absolute atomic E-state index is 13.4. The quantitative estimate of drug-likeness (QED) is 0.214. The first-order valence-electron chi connectivity index (χ1n) is 14.6. The molecule has 0 amide bonds. The number of hydrogen-bond acceptors (Lipinski definition) is 0. The average molecular weight is 575 g/mol. The number of H-pyrrole nitrogens is 2. The van der Waals surface area contributed by atoms with Crippen molar-refractivity contribution in [1.82, 2.24) is 9.97 Å². The molecule has 0 aliphatic heterocycles. The molecule has 41 heavy (non-hydrogen) atoms. The Kier molecular flexibility index (Phi) is 9.76. The van der Waals surface area contributed by atoms with E-state index >= 15 is 0 Å². The number of hydrogen-bond donors (Lipinski definition) is 2. The van der Waals surface area contributed by atoms with Crippen molar-refractivity contribution in [3.8, 4) is 0 Å². The molecular weight excluding hydrogens is 534 g/mol. The summed E-state index contributed by atoms with van der Waals surface area (Å²) in [5.74, 6) is 1.09. The van der Waals surface area contributed by atoms with Crippen molar-refractivity contribution >= 4 is 39.5 Å². The fourth-order valence-corrected chi connectivity index (χ4v) is 5.83. The molecule has 0 fully saturated rings. The van der Waals surface area contributed by atoms with Crippen LogP contribution in [-0.4, -0.2) is 9.97 Å². The minimum atomic E-state index is -0.253. The standard InChI is InChI=1S/C13H17N.C12H13F.C11H11ClFN/c1-4-10-5-6-11(9(2)3)12-7-8-14-13(10)12;1-8(2)9-6-7-12(13)11-5-3-4-10(9)11;1-6(2)7-3-4-9(13)11-10(7)8(12)5-14-11/h5-9,14H,4H2,1-3H3;3-4,6-8H,5H2,1-2H3;3-6,14H,1-2H3. The monoisotopic (exact) mass is 574 g/mol. The Balaban J connectivity index is 0.000000142. The fraction of sp³-hybridized carbons (Fsp3) is 0.333. The molecule has 2 heterocycles. The number of benzene rings is 3. The maximum atomic E-state index is 13.4. The van der Waals surface area contributed by atoms with Gasteiger partial charge in [-0.25, -0.2) is 8.78 Å². The van der Waals surface area contributed by atoms with Crippen LogP contribution >= 0.6 is 11.6 Å². The maximum Gasteiger partial charge on any atom is 0.147 e. The van der Waals surface area contributed by atoms with Crippen molar-refractivity contribution in [3.05, 3.63) is 111 Å². The summed E-state index contributed by atoms with van der Waals surface area (Å²) in [6.07, 6.45) is 9.57. The van der Waals surface area contributed by atoms with E-state index in [0.29, 0.717) is 28.3 Å². The lowest BCUT2D eigenvalue weighted by Crippen LogP contribution is -1.96. The largest absolute Gasteiger partial charge is 0.361 e. The lowest BCUT2D eigenvalue weighted by atomic mass is 9.95. The molecule has 216 valence electrons. The summed E-state index contributed by atoms with van der Waals surface area (Å²) in [5, 5.41) is 2.78. The van der Waals surface area contributed by atoms with Crippen LogP contribution in [0.4, 0.5) is 8.78 Å². The van der Waals surface area contributed by atoms with Gasteiger partial charge in [-0.1, -0.05) is 96.5 Å². The Bertz CT molecular complexity index is 1670.